The molecule has 3 aliphatic rings. The average molecular weight is 522 g/mol. The molecule has 0 radical (unpaired) electrons. The predicted molar refractivity (Wildman–Crippen MR) is 135 cm³/mol. The van der Waals surface area contributed by atoms with Crippen molar-refractivity contribution >= 4 is 29.7 Å². The highest BCUT2D eigenvalue weighted by Crippen LogP contribution is 2.65. The van der Waals surface area contributed by atoms with Crippen molar-refractivity contribution in [3.63, 3.8) is 0 Å². The van der Waals surface area contributed by atoms with E-state index in [0.717, 1.165) is 39.2 Å². The molecular weight excluding hydrogens is 478 g/mol. The Balaban J connectivity index is 1.84. The van der Waals surface area contributed by atoms with E-state index in [-0.39, 0.29) is 35.5 Å². The van der Waals surface area contributed by atoms with Gasteiger partial charge in [-0.1, -0.05) is 40.0 Å². The van der Waals surface area contributed by atoms with Crippen LogP contribution in [0, 0.1) is 23.2 Å². The molecule has 2 aliphatic carbocycles. The molecule has 0 aromatic rings. The summed E-state index contributed by atoms with van der Waals surface area (Å²) in [7, 11) is 1.12. The van der Waals surface area contributed by atoms with Crippen LogP contribution in [0.2, 0.25) is 0 Å². The Morgan fingerprint density at radius 1 is 1.03 bits per heavy atom. The van der Waals surface area contributed by atoms with Crippen molar-refractivity contribution in [1.29, 1.82) is 0 Å². The van der Waals surface area contributed by atoms with Crippen molar-refractivity contribution < 1.29 is 33.4 Å². The number of carbonyl (C=O) groups is 5. The van der Waals surface area contributed by atoms with Crippen LogP contribution in [0.3, 0.4) is 0 Å². The number of rotatable bonds is 8. The summed E-state index contributed by atoms with van der Waals surface area (Å²) in [4.78, 5) is 66.1. The second kappa shape index (κ2) is 11.0. The third kappa shape index (κ3) is 6.26. The quantitative estimate of drug-likeness (QED) is 0.371. The Labute approximate surface area is 219 Å². The minimum atomic E-state index is -1.04. The van der Waals surface area contributed by atoms with Gasteiger partial charge < -0.3 is 25.0 Å². The van der Waals surface area contributed by atoms with Crippen LogP contribution in [0.5, 0.6) is 0 Å². The van der Waals surface area contributed by atoms with Crippen molar-refractivity contribution in [2.45, 2.75) is 104 Å². The number of esters is 1. The van der Waals surface area contributed by atoms with Gasteiger partial charge in [-0.25, -0.2) is 9.59 Å². The SMILES string of the molecule is CCC(NC(=O)[C@@H]1[C@@H]2C(CN1C(=O)[C@@H](NC(=O)OC(C)(C)C)C1CCCCC1)C2(C)C)C(=O)C(=O)OC. The van der Waals surface area contributed by atoms with Gasteiger partial charge in [0.05, 0.1) is 13.2 Å². The number of hydrogen-bond donors (Lipinski definition) is 2. The highest BCUT2D eigenvalue weighted by atomic mass is 16.6. The van der Waals surface area contributed by atoms with Crippen molar-refractivity contribution in [2.24, 2.45) is 23.2 Å². The minimum Gasteiger partial charge on any atom is -0.463 e. The first kappa shape index (κ1) is 28.9. The first-order valence-electron chi connectivity index (χ1n) is 13.5. The monoisotopic (exact) mass is 521 g/mol. The molecule has 3 amide bonds. The van der Waals surface area contributed by atoms with Crippen LogP contribution in [-0.2, 0) is 28.7 Å². The van der Waals surface area contributed by atoms with E-state index < -0.39 is 47.5 Å². The fourth-order valence-electron chi connectivity index (χ4n) is 6.13. The van der Waals surface area contributed by atoms with Crippen LogP contribution < -0.4 is 10.6 Å². The molecule has 0 bridgehead atoms. The van der Waals surface area contributed by atoms with Gasteiger partial charge >= 0.3 is 12.1 Å². The van der Waals surface area contributed by atoms with Crippen LogP contribution >= 0.6 is 0 Å². The van der Waals surface area contributed by atoms with Gasteiger partial charge in [-0.05, 0) is 63.2 Å². The summed E-state index contributed by atoms with van der Waals surface area (Å²) in [6.07, 6.45) is 4.20. The number of methoxy groups -OCH3 is 1. The summed E-state index contributed by atoms with van der Waals surface area (Å²) in [5, 5.41) is 5.52. The first-order valence-corrected chi connectivity index (χ1v) is 13.5. The van der Waals surface area contributed by atoms with Gasteiger partial charge in [0, 0.05) is 6.54 Å². The Kier molecular flexibility index (Phi) is 8.59. The third-order valence-corrected chi connectivity index (χ3v) is 8.25. The second-order valence-corrected chi connectivity index (χ2v) is 12.2. The van der Waals surface area contributed by atoms with Gasteiger partial charge in [0.2, 0.25) is 11.8 Å². The predicted octanol–water partition coefficient (Wildman–Crippen LogP) is 2.58. The lowest BCUT2D eigenvalue weighted by Gasteiger charge is -2.37. The molecule has 5 atom stereocenters. The fraction of sp³-hybridized carbons (Fsp3) is 0.815. The topological polar surface area (TPSA) is 131 Å². The van der Waals surface area contributed by atoms with Gasteiger partial charge in [-0.3, -0.25) is 14.4 Å². The maximum absolute atomic E-state index is 14.0. The maximum atomic E-state index is 14.0. The Hall–Kier alpha value is -2.65. The van der Waals surface area contributed by atoms with E-state index in [1.54, 1.807) is 32.6 Å². The van der Waals surface area contributed by atoms with Crippen LogP contribution in [0.15, 0.2) is 0 Å². The molecule has 0 aromatic heterocycles. The van der Waals surface area contributed by atoms with Crippen molar-refractivity contribution in [1.82, 2.24) is 15.5 Å². The average Bonchev–Trinajstić information content (AvgIpc) is 3.17. The molecule has 2 N–H and O–H groups in total. The molecule has 0 spiro atoms. The van der Waals surface area contributed by atoms with E-state index in [2.05, 4.69) is 29.2 Å². The molecule has 10 nitrogen and oxygen atoms in total. The minimum absolute atomic E-state index is 0.0493. The normalized spacial score (nSPS) is 26.4. The standard InChI is InChI=1S/C27H43N3O7/c1-8-17(21(31)24(34)36-7)28-22(32)20-18-16(27(18,5)6)14-30(20)23(33)19(15-12-10-9-11-13-15)29-25(35)37-26(2,3)4/h15-20H,8-14H2,1-7H3,(H,28,32)(H,29,35)/t16?,17?,18-,19-,20-/m0/s1. The van der Waals surface area contributed by atoms with E-state index in [1.807, 2.05) is 0 Å². The maximum Gasteiger partial charge on any atom is 0.408 e. The molecule has 1 heterocycles. The Bertz CT molecular complexity index is 919. The second-order valence-electron chi connectivity index (χ2n) is 12.2. The number of nitrogens with zero attached hydrogens (tertiary/aromatic N) is 1. The largest absolute Gasteiger partial charge is 0.463 e. The fourth-order valence-corrected chi connectivity index (χ4v) is 6.13. The number of carbonyl (C=O) groups excluding carboxylic acids is 5. The lowest BCUT2D eigenvalue weighted by atomic mass is 9.83. The lowest BCUT2D eigenvalue weighted by molar-refractivity contribution is -0.153. The number of Topliss-reactive ketones (excluding diaryl/α,β-unsaturated/α-hetero) is 1. The van der Waals surface area contributed by atoms with Crippen LogP contribution in [-0.4, -0.2) is 71.9 Å². The Morgan fingerprint density at radius 3 is 2.19 bits per heavy atom. The number of ether oxygens (including phenoxy) is 2. The van der Waals surface area contributed by atoms with E-state index in [0.29, 0.717) is 6.54 Å². The lowest BCUT2D eigenvalue weighted by Crippen LogP contribution is -2.59. The molecule has 37 heavy (non-hydrogen) atoms. The van der Waals surface area contributed by atoms with E-state index in [9.17, 15) is 24.0 Å². The Morgan fingerprint density at radius 2 is 1.65 bits per heavy atom. The summed E-state index contributed by atoms with van der Waals surface area (Å²) in [6, 6.07) is -2.63. The van der Waals surface area contributed by atoms with Gasteiger partial charge in [-0.2, -0.15) is 0 Å². The van der Waals surface area contributed by atoms with Crippen molar-refractivity contribution in [3.05, 3.63) is 0 Å². The summed E-state index contributed by atoms with van der Waals surface area (Å²) < 4.78 is 9.99. The summed E-state index contributed by atoms with van der Waals surface area (Å²) >= 11 is 0. The molecule has 10 heteroatoms. The summed E-state index contributed by atoms with van der Waals surface area (Å²) in [6.45, 7) is 11.5. The summed E-state index contributed by atoms with van der Waals surface area (Å²) in [5.41, 5.74) is -0.848. The molecular formula is C27H43N3O7. The number of nitrogens with one attached hydrogen (secondary N) is 2. The molecule has 208 valence electrons. The van der Waals surface area contributed by atoms with E-state index >= 15 is 0 Å². The number of piperidine rings is 1. The number of likely N-dealkylation sites (tertiary alicyclic amines) is 1. The third-order valence-electron chi connectivity index (χ3n) is 8.25. The highest BCUT2D eigenvalue weighted by molar-refractivity contribution is 6.36. The number of hydrogen-bond acceptors (Lipinski definition) is 7. The molecule has 1 aliphatic heterocycles. The summed E-state index contributed by atoms with van der Waals surface area (Å²) in [5.74, 6) is -2.59. The van der Waals surface area contributed by atoms with Crippen molar-refractivity contribution in [3.8, 4) is 0 Å². The van der Waals surface area contributed by atoms with Gasteiger partial charge in [-0.15, -0.1) is 0 Å². The number of alkyl carbamates (subject to hydrolysis) is 1. The smallest absolute Gasteiger partial charge is 0.408 e. The number of amides is 3. The van der Waals surface area contributed by atoms with Crippen LogP contribution in [0.4, 0.5) is 4.79 Å². The van der Waals surface area contributed by atoms with Crippen molar-refractivity contribution in [2.75, 3.05) is 13.7 Å². The van der Waals surface area contributed by atoms with E-state index in [1.165, 1.54) is 0 Å². The van der Waals surface area contributed by atoms with E-state index in [4.69, 9.17) is 4.74 Å². The zero-order valence-electron chi connectivity index (χ0n) is 23.2. The van der Waals surface area contributed by atoms with Gasteiger partial charge in [0.1, 0.15) is 17.7 Å². The zero-order valence-corrected chi connectivity index (χ0v) is 23.2. The molecule has 3 rings (SSSR count). The highest BCUT2D eigenvalue weighted by Gasteiger charge is 2.69. The van der Waals surface area contributed by atoms with Crippen LogP contribution in [0.25, 0.3) is 0 Å². The molecule has 2 saturated carbocycles. The zero-order chi connectivity index (χ0) is 27.7. The first-order chi connectivity index (χ1) is 17.2. The number of fused-ring (bicyclic) bond motifs is 1. The molecule has 2 unspecified atom stereocenters. The molecule has 1 saturated heterocycles. The van der Waals surface area contributed by atoms with Gasteiger partial charge in [0.25, 0.3) is 5.78 Å². The molecule has 3 fully saturated rings. The number of ketones is 1. The van der Waals surface area contributed by atoms with Gasteiger partial charge in [0.15, 0.2) is 0 Å². The van der Waals surface area contributed by atoms with Crippen LogP contribution in [0.1, 0.15) is 80.1 Å². The molecule has 0 aromatic carbocycles.